The van der Waals surface area contributed by atoms with Crippen molar-refractivity contribution in [2.45, 2.75) is 32.2 Å². The second-order valence-corrected chi connectivity index (χ2v) is 8.59. The van der Waals surface area contributed by atoms with Crippen LogP contribution in [0.4, 0.5) is 4.39 Å². The third kappa shape index (κ3) is 5.37. The van der Waals surface area contributed by atoms with Gasteiger partial charge in [0.2, 0.25) is 5.91 Å². The molecule has 2 heterocycles. The van der Waals surface area contributed by atoms with Crippen molar-refractivity contribution in [1.29, 1.82) is 0 Å². The van der Waals surface area contributed by atoms with Crippen LogP contribution >= 0.6 is 0 Å². The highest BCUT2D eigenvalue weighted by Gasteiger charge is 2.38. The van der Waals surface area contributed by atoms with E-state index in [1.54, 1.807) is 11.9 Å². The minimum Gasteiger partial charge on any atom is -0.489 e. The quantitative estimate of drug-likeness (QED) is 0.371. The topological polar surface area (TPSA) is 106 Å². The summed E-state index contributed by atoms with van der Waals surface area (Å²) in [5, 5.41) is 4.48. The number of amides is 3. The third-order valence-electron chi connectivity index (χ3n) is 5.90. The molecule has 0 aliphatic carbocycles. The van der Waals surface area contributed by atoms with E-state index >= 15 is 0 Å². The van der Waals surface area contributed by atoms with Gasteiger partial charge in [0, 0.05) is 13.6 Å². The van der Waals surface area contributed by atoms with Crippen LogP contribution in [0.3, 0.4) is 0 Å². The molecule has 1 atom stereocenters. The molecule has 188 valence electrons. The molecular weight excluding hydrogens is 465 g/mol. The number of benzene rings is 2. The summed E-state index contributed by atoms with van der Waals surface area (Å²) in [6.07, 6.45) is 1.54. The number of hydrazine groups is 1. The second kappa shape index (κ2) is 11.0. The third-order valence-corrected chi connectivity index (χ3v) is 5.90. The fourth-order valence-electron chi connectivity index (χ4n) is 3.98. The maximum atomic E-state index is 13.1. The van der Waals surface area contributed by atoms with Crippen LogP contribution in [0.15, 0.2) is 54.6 Å². The van der Waals surface area contributed by atoms with Gasteiger partial charge >= 0.3 is 0 Å². The zero-order valence-corrected chi connectivity index (χ0v) is 20.2. The monoisotopic (exact) mass is 493 g/mol. The number of likely N-dealkylation sites (N-methyl/N-ethyl adjacent to an activating group) is 1. The maximum Gasteiger partial charge on any atom is 0.294 e. The van der Waals surface area contributed by atoms with Gasteiger partial charge in [-0.1, -0.05) is 55.8 Å². The van der Waals surface area contributed by atoms with Gasteiger partial charge in [-0.2, -0.15) is 5.10 Å². The number of hydrogen-bond acceptors (Lipinski definition) is 5. The molecule has 1 aromatic heterocycles. The molecule has 2 N–H and O–H groups in total. The lowest BCUT2D eigenvalue weighted by atomic mass is 10.0. The van der Waals surface area contributed by atoms with E-state index in [0.717, 1.165) is 18.4 Å². The number of nitrogens with one attached hydrogen (secondary N) is 2. The number of carbonyl (C=O) groups excluding carboxylic acids is 3. The predicted molar refractivity (Wildman–Crippen MR) is 130 cm³/mol. The van der Waals surface area contributed by atoms with Crippen LogP contribution in [0.2, 0.25) is 0 Å². The molecule has 0 bridgehead atoms. The predicted octanol–water partition coefficient (Wildman–Crippen LogP) is 2.88. The van der Waals surface area contributed by atoms with E-state index in [1.165, 1.54) is 28.9 Å². The summed E-state index contributed by atoms with van der Waals surface area (Å²) in [5.74, 6) is -1.82. The average Bonchev–Trinajstić information content (AvgIpc) is 3.26. The number of carbonyl (C=O) groups is 3. The zero-order chi connectivity index (χ0) is 25.7. The number of unbranched alkanes of at least 4 members (excludes halogenated alkanes) is 1. The summed E-state index contributed by atoms with van der Waals surface area (Å²) >= 11 is 0. The molecule has 2 aromatic carbocycles. The van der Waals surface area contributed by atoms with E-state index in [-0.39, 0.29) is 35.5 Å². The van der Waals surface area contributed by atoms with Gasteiger partial charge in [0.25, 0.3) is 11.8 Å². The van der Waals surface area contributed by atoms with Crippen molar-refractivity contribution < 1.29 is 23.5 Å². The summed E-state index contributed by atoms with van der Waals surface area (Å²) in [6.45, 7) is 2.69. The van der Waals surface area contributed by atoms with E-state index in [4.69, 9.17) is 4.74 Å². The highest BCUT2D eigenvalue weighted by Crippen LogP contribution is 2.34. The van der Waals surface area contributed by atoms with Crippen LogP contribution in [0.5, 0.6) is 5.75 Å². The van der Waals surface area contributed by atoms with Gasteiger partial charge < -0.3 is 9.64 Å². The van der Waals surface area contributed by atoms with Gasteiger partial charge in [0.15, 0.2) is 17.1 Å². The SMILES string of the molecule is CCCCOc1c(C(=O)NNC(=O)Cc2ccc(F)cc2)nn2c1C(=O)N(C)C[C@@H]2c1ccccc1. The number of nitrogens with zero attached hydrogens (tertiary/aromatic N) is 3. The van der Waals surface area contributed by atoms with E-state index in [0.29, 0.717) is 18.7 Å². The molecule has 0 spiro atoms. The minimum atomic E-state index is -0.710. The molecule has 9 nitrogen and oxygen atoms in total. The molecule has 0 saturated carbocycles. The Balaban J connectivity index is 1.60. The van der Waals surface area contributed by atoms with Gasteiger partial charge in [0.05, 0.1) is 19.1 Å². The summed E-state index contributed by atoms with van der Waals surface area (Å²) in [7, 11) is 1.69. The minimum absolute atomic E-state index is 0.0561. The molecular formula is C26H28FN5O4. The van der Waals surface area contributed by atoms with Gasteiger partial charge in [0.1, 0.15) is 5.82 Å². The summed E-state index contributed by atoms with van der Waals surface area (Å²) < 4.78 is 20.5. The Bertz CT molecular complexity index is 1240. The zero-order valence-electron chi connectivity index (χ0n) is 20.2. The molecule has 1 aliphatic rings. The lowest BCUT2D eigenvalue weighted by molar-refractivity contribution is -0.121. The first-order valence-corrected chi connectivity index (χ1v) is 11.8. The van der Waals surface area contributed by atoms with Crippen LogP contribution in [0.25, 0.3) is 0 Å². The van der Waals surface area contributed by atoms with Crippen molar-refractivity contribution in [2.75, 3.05) is 20.2 Å². The van der Waals surface area contributed by atoms with Gasteiger partial charge in [-0.05, 0) is 29.7 Å². The van der Waals surface area contributed by atoms with Crippen LogP contribution in [0.1, 0.15) is 57.9 Å². The Morgan fingerprint density at radius 3 is 2.53 bits per heavy atom. The summed E-state index contributed by atoms with van der Waals surface area (Å²) in [6, 6.07) is 14.8. The number of halogens is 1. The van der Waals surface area contributed by atoms with E-state index in [1.807, 2.05) is 37.3 Å². The molecule has 36 heavy (non-hydrogen) atoms. The van der Waals surface area contributed by atoms with Gasteiger partial charge in [-0.25, -0.2) is 9.07 Å². The second-order valence-electron chi connectivity index (χ2n) is 8.59. The Kier molecular flexibility index (Phi) is 7.62. The van der Waals surface area contributed by atoms with Crippen molar-refractivity contribution in [1.82, 2.24) is 25.5 Å². The molecule has 3 amide bonds. The normalized spacial score (nSPS) is 14.8. The van der Waals surface area contributed by atoms with Gasteiger partial charge in [-0.15, -0.1) is 0 Å². The van der Waals surface area contributed by atoms with Crippen molar-refractivity contribution in [3.05, 3.63) is 82.9 Å². The maximum absolute atomic E-state index is 13.1. The lowest BCUT2D eigenvalue weighted by Crippen LogP contribution is -2.42. The molecule has 4 rings (SSSR count). The van der Waals surface area contributed by atoms with Crippen LogP contribution in [0, 0.1) is 5.82 Å². The molecule has 0 saturated heterocycles. The average molecular weight is 494 g/mol. The van der Waals surface area contributed by atoms with Crippen molar-refractivity contribution in [3.63, 3.8) is 0 Å². The molecule has 0 radical (unpaired) electrons. The smallest absolute Gasteiger partial charge is 0.294 e. The van der Waals surface area contributed by atoms with Crippen LogP contribution in [-0.2, 0) is 11.2 Å². The van der Waals surface area contributed by atoms with Crippen molar-refractivity contribution in [2.24, 2.45) is 0 Å². The Hall–Kier alpha value is -4.21. The van der Waals surface area contributed by atoms with E-state index in [9.17, 15) is 18.8 Å². The largest absolute Gasteiger partial charge is 0.489 e. The number of fused-ring (bicyclic) bond motifs is 1. The Labute approximate surface area is 208 Å². The van der Waals surface area contributed by atoms with E-state index < -0.39 is 17.6 Å². The first kappa shape index (κ1) is 24.9. The summed E-state index contributed by atoms with van der Waals surface area (Å²) in [4.78, 5) is 40.1. The van der Waals surface area contributed by atoms with Gasteiger partial charge in [-0.3, -0.25) is 25.2 Å². The van der Waals surface area contributed by atoms with E-state index in [2.05, 4.69) is 16.0 Å². The molecule has 1 aliphatic heterocycles. The van der Waals surface area contributed by atoms with Crippen molar-refractivity contribution >= 4 is 17.7 Å². The highest BCUT2D eigenvalue weighted by molar-refractivity contribution is 6.03. The lowest BCUT2D eigenvalue weighted by Gasteiger charge is -2.31. The molecule has 0 unspecified atom stereocenters. The number of ether oxygens (including phenoxy) is 1. The first-order valence-electron chi connectivity index (χ1n) is 11.8. The molecule has 10 heteroatoms. The highest BCUT2D eigenvalue weighted by atomic mass is 19.1. The summed E-state index contributed by atoms with van der Waals surface area (Å²) in [5.41, 5.74) is 6.33. The number of hydrogen-bond donors (Lipinski definition) is 2. The van der Waals surface area contributed by atoms with Crippen LogP contribution in [-0.4, -0.2) is 52.6 Å². The Morgan fingerprint density at radius 1 is 1.11 bits per heavy atom. The van der Waals surface area contributed by atoms with Crippen LogP contribution < -0.4 is 15.6 Å². The standard InChI is InChI=1S/C26H28FN5O4/c1-3-4-14-36-24-22(25(34)29-28-21(33)15-17-10-12-19(27)13-11-17)30-32-20(18-8-6-5-7-9-18)16-31(2)26(35)23(24)32/h5-13,20H,3-4,14-16H2,1-2H3,(H,28,33)(H,29,34)/t20-/m1/s1. The molecule has 0 fully saturated rings. The Morgan fingerprint density at radius 2 is 1.83 bits per heavy atom. The number of rotatable bonds is 8. The molecule has 3 aromatic rings. The van der Waals surface area contributed by atoms with Crippen molar-refractivity contribution in [3.8, 4) is 5.75 Å². The first-order chi connectivity index (χ1) is 17.4. The fraction of sp³-hybridized carbons (Fsp3) is 0.308. The fourth-order valence-corrected chi connectivity index (χ4v) is 3.98. The number of aromatic nitrogens is 2.